The number of amides is 2. The first-order valence-electron chi connectivity index (χ1n) is 11.3. The molecule has 0 radical (unpaired) electrons. The number of hydrogen-bond acceptors (Lipinski definition) is 2. The van der Waals surface area contributed by atoms with E-state index < -0.39 is 6.04 Å². The summed E-state index contributed by atoms with van der Waals surface area (Å²) >= 11 is 0. The highest BCUT2D eigenvalue weighted by Gasteiger charge is 2.43. The SMILES string of the molecule is Cc1ccc(CCN2C(=O)CN(C3CCCCC3)C(=O)[C@@H]2c2ccccc2C)cc1. The van der Waals surface area contributed by atoms with Crippen LogP contribution in [-0.4, -0.2) is 40.7 Å². The highest BCUT2D eigenvalue weighted by molar-refractivity contribution is 5.96. The molecule has 2 aliphatic rings. The Balaban J connectivity index is 1.61. The van der Waals surface area contributed by atoms with Gasteiger partial charge in [0.1, 0.15) is 12.6 Å². The predicted molar refractivity (Wildman–Crippen MR) is 119 cm³/mol. The van der Waals surface area contributed by atoms with Gasteiger partial charge in [0.15, 0.2) is 0 Å². The van der Waals surface area contributed by atoms with E-state index >= 15 is 0 Å². The third-order valence-corrected chi connectivity index (χ3v) is 6.72. The summed E-state index contributed by atoms with van der Waals surface area (Å²) in [5, 5.41) is 0. The van der Waals surface area contributed by atoms with Gasteiger partial charge in [0.05, 0.1) is 0 Å². The molecule has 4 nitrogen and oxygen atoms in total. The molecule has 0 unspecified atom stereocenters. The quantitative estimate of drug-likeness (QED) is 0.731. The van der Waals surface area contributed by atoms with E-state index in [-0.39, 0.29) is 24.4 Å². The molecule has 2 fully saturated rings. The molecule has 1 saturated carbocycles. The molecule has 1 aliphatic carbocycles. The zero-order valence-electron chi connectivity index (χ0n) is 18.1. The highest BCUT2D eigenvalue weighted by atomic mass is 16.2. The van der Waals surface area contributed by atoms with Crippen LogP contribution in [0, 0.1) is 13.8 Å². The zero-order chi connectivity index (χ0) is 21.1. The van der Waals surface area contributed by atoms with Crippen LogP contribution in [0.5, 0.6) is 0 Å². The number of carbonyl (C=O) groups is 2. The number of carbonyl (C=O) groups excluding carboxylic acids is 2. The minimum atomic E-state index is -0.514. The molecule has 0 spiro atoms. The van der Waals surface area contributed by atoms with E-state index in [4.69, 9.17) is 0 Å². The number of rotatable bonds is 5. The Morgan fingerprint density at radius 3 is 2.30 bits per heavy atom. The topological polar surface area (TPSA) is 40.6 Å². The molecule has 1 atom stereocenters. The van der Waals surface area contributed by atoms with Gasteiger partial charge in [-0.2, -0.15) is 0 Å². The van der Waals surface area contributed by atoms with Gasteiger partial charge in [0.25, 0.3) is 5.91 Å². The van der Waals surface area contributed by atoms with E-state index in [0.29, 0.717) is 6.54 Å². The molecule has 0 aromatic heterocycles. The smallest absolute Gasteiger partial charge is 0.250 e. The summed E-state index contributed by atoms with van der Waals surface area (Å²) in [6, 6.07) is 16.1. The van der Waals surface area contributed by atoms with Crippen molar-refractivity contribution in [1.82, 2.24) is 9.80 Å². The lowest BCUT2D eigenvalue weighted by molar-refractivity contribution is -0.159. The van der Waals surface area contributed by atoms with Crippen molar-refractivity contribution in [3.05, 3.63) is 70.8 Å². The first kappa shape index (κ1) is 20.6. The monoisotopic (exact) mass is 404 g/mol. The number of aryl methyl sites for hydroxylation is 2. The first-order chi connectivity index (χ1) is 14.5. The first-order valence-corrected chi connectivity index (χ1v) is 11.3. The van der Waals surface area contributed by atoms with Crippen molar-refractivity contribution in [3.8, 4) is 0 Å². The molecule has 2 aromatic carbocycles. The molecular weight excluding hydrogens is 372 g/mol. The Bertz CT molecular complexity index is 900. The van der Waals surface area contributed by atoms with Gasteiger partial charge in [-0.3, -0.25) is 9.59 Å². The Morgan fingerprint density at radius 1 is 0.900 bits per heavy atom. The Labute approximate surface area is 179 Å². The summed E-state index contributed by atoms with van der Waals surface area (Å²) in [6.45, 7) is 4.89. The zero-order valence-corrected chi connectivity index (χ0v) is 18.1. The van der Waals surface area contributed by atoms with Crippen molar-refractivity contribution >= 4 is 11.8 Å². The van der Waals surface area contributed by atoms with E-state index in [2.05, 4.69) is 31.2 Å². The second-order valence-corrected chi connectivity index (χ2v) is 8.84. The third-order valence-electron chi connectivity index (χ3n) is 6.72. The van der Waals surface area contributed by atoms with Crippen LogP contribution >= 0.6 is 0 Å². The second kappa shape index (κ2) is 9.03. The fourth-order valence-corrected chi connectivity index (χ4v) is 4.90. The molecule has 1 saturated heterocycles. The average Bonchev–Trinajstić information content (AvgIpc) is 2.76. The van der Waals surface area contributed by atoms with Crippen molar-refractivity contribution in [3.63, 3.8) is 0 Å². The van der Waals surface area contributed by atoms with Crippen molar-refractivity contribution < 1.29 is 9.59 Å². The minimum Gasteiger partial charge on any atom is -0.328 e. The fourth-order valence-electron chi connectivity index (χ4n) is 4.90. The van der Waals surface area contributed by atoms with Crippen LogP contribution in [0.15, 0.2) is 48.5 Å². The molecular formula is C26H32N2O2. The van der Waals surface area contributed by atoms with Crippen LogP contribution in [0.4, 0.5) is 0 Å². The normalized spacial score (nSPS) is 20.7. The number of piperazine rings is 1. The molecule has 0 bridgehead atoms. The van der Waals surface area contributed by atoms with E-state index in [1.165, 1.54) is 17.5 Å². The van der Waals surface area contributed by atoms with Crippen LogP contribution in [0.1, 0.15) is 60.4 Å². The summed E-state index contributed by atoms with van der Waals surface area (Å²) in [7, 11) is 0. The Morgan fingerprint density at radius 2 is 1.60 bits per heavy atom. The lowest BCUT2D eigenvalue weighted by Gasteiger charge is -2.45. The van der Waals surface area contributed by atoms with Gasteiger partial charge in [-0.15, -0.1) is 0 Å². The van der Waals surface area contributed by atoms with E-state index in [1.54, 1.807) is 0 Å². The molecule has 2 amide bonds. The van der Waals surface area contributed by atoms with Crippen LogP contribution in [0.2, 0.25) is 0 Å². The second-order valence-electron chi connectivity index (χ2n) is 8.84. The lowest BCUT2D eigenvalue weighted by Crippen LogP contribution is -2.59. The minimum absolute atomic E-state index is 0.0699. The van der Waals surface area contributed by atoms with E-state index in [9.17, 15) is 9.59 Å². The highest BCUT2D eigenvalue weighted by Crippen LogP contribution is 2.33. The van der Waals surface area contributed by atoms with Crippen molar-refractivity contribution in [2.75, 3.05) is 13.1 Å². The molecule has 4 heteroatoms. The van der Waals surface area contributed by atoms with Gasteiger partial charge < -0.3 is 9.80 Å². The van der Waals surface area contributed by atoms with Gasteiger partial charge in [0.2, 0.25) is 5.91 Å². The summed E-state index contributed by atoms with van der Waals surface area (Å²) < 4.78 is 0. The maximum atomic E-state index is 13.7. The van der Waals surface area contributed by atoms with Crippen LogP contribution in [-0.2, 0) is 16.0 Å². The van der Waals surface area contributed by atoms with Crippen LogP contribution in [0.25, 0.3) is 0 Å². The third kappa shape index (κ3) is 4.28. The average molecular weight is 405 g/mol. The van der Waals surface area contributed by atoms with Crippen LogP contribution < -0.4 is 0 Å². The van der Waals surface area contributed by atoms with E-state index in [1.807, 2.05) is 41.0 Å². The maximum Gasteiger partial charge on any atom is 0.250 e. The molecule has 30 heavy (non-hydrogen) atoms. The van der Waals surface area contributed by atoms with Gasteiger partial charge in [-0.05, 0) is 49.8 Å². The van der Waals surface area contributed by atoms with Gasteiger partial charge in [-0.1, -0.05) is 73.4 Å². The molecule has 0 N–H and O–H groups in total. The molecule has 2 aromatic rings. The summed E-state index contributed by atoms with van der Waals surface area (Å²) in [5.41, 5.74) is 4.44. The summed E-state index contributed by atoms with van der Waals surface area (Å²) in [6.07, 6.45) is 6.32. The van der Waals surface area contributed by atoms with Gasteiger partial charge in [0, 0.05) is 12.6 Å². The predicted octanol–water partition coefficient (Wildman–Crippen LogP) is 4.59. The van der Waals surface area contributed by atoms with Crippen molar-refractivity contribution in [2.24, 2.45) is 0 Å². The number of nitrogens with zero attached hydrogens (tertiary/aromatic N) is 2. The van der Waals surface area contributed by atoms with E-state index in [0.717, 1.165) is 43.2 Å². The standard InChI is InChI=1S/C26H32N2O2/c1-19-12-14-21(15-13-19)16-17-27-24(29)18-28(22-9-4-3-5-10-22)26(30)25(27)23-11-7-6-8-20(23)2/h6-8,11-15,22,25H,3-5,9-10,16-18H2,1-2H3/t25-/m0/s1. The van der Waals surface area contributed by atoms with Crippen molar-refractivity contribution in [1.29, 1.82) is 0 Å². The summed E-state index contributed by atoms with van der Waals surface area (Å²) in [4.78, 5) is 30.7. The maximum absolute atomic E-state index is 13.7. The fraction of sp³-hybridized carbons (Fsp3) is 0.462. The summed E-state index contributed by atoms with van der Waals surface area (Å²) in [5.74, 6) is 0.167. The molecule has 158 valence electrons. The number of hydrogen-bond donors (Lipinski definition) is 0. The van der Waals surface area contributed by atoms with Gasteiger partial charge in [-0.25, -0.2) is 0 Å². The number of benzene rings is 2. The van der Waals surface area contributed by atoms with Crippen molar-refractivity contribution in [2.45, 2.75) is 64.5 Å². The lowest BCUT2D eigenvalue weighted by atomic mass is 9.90. The molecule has 1 heterocycles. The Hall–Kier alpha value is -2.62. The van der Waals surface area contributed by atoms with Gasteiger partial charge >= 0.3 is 0 Å². The Kier molecular flexibility index (Phi) is 6.21. The van der Waals surface area contributed by atoms with Crippen LogP contribution in [0.3, 0.4) is 0 Å². The molecule has 1 aliphatic heterocycles. The molecule has 4 rings (SSSR count). The largest absolute Gasteiger partial charge is 0.328 e.